The largest absolute Gasteiger partial charge is 0.456 e. The molecule has 0 bridgehead atoms. The number of hydrogen-bond acceptors (Lipinski definition) is 2. The molecule has 0 spiro atoms. The fourth-order valence-electron chi connectivity index (χ4n) is 8.08. The Labute approximate surface area is 269 Å². The summed E-state index contributed by atoms with van der Waals surface area (Å²) < 4.78 is 6.43. The lowest BCUT2D eigenvalue weighted by Gasteiger charge is -2.34. The third-order valence-electron chi connectivity index (χ3n) is 10.1. The molecule has 2 nitrogen and oxygen atoms in total. The molecule has 2 heteroatoms. The van der Waals surface area contributed by atoms with Crippen molar-refractivity contribution in [3.8, 4) is 33.4 Å². The Morgan fingerprint density at radius 3 is 1.80 bits per heavy atom. The van der Waals surface area contributed by atoms with Gasteiger partial charge in [0, 0.05) is 16.8 Å². The summed E-state index contributed by atoms with van der Waals surface area (Å²) in [7, 11) is 2.29. The van der Waals surface area contributed by atoms with Crippen molar-refractivity contribution in [2.24, 2.45) is 0 Å². The number of fused-ring (bicyclic) bond motifs is 5. The van der Waals surface area contributed by atoms with Crippen molar-refractivity contribution in [3.63, 3.8) is 0 Å². The highest BCUT2D eigenvalue weighted by atomic mass is 16.3. The van der Waals surface area contributed by atoms with Crippen molar-refractivity contribution < 1.29 is 4.42 Å². The van der Waals surface area contributed by atoms with Gasteiger partial charge in [-0.15, -0.1) is 0 Å². The maximum atomic E-state index is 6.43. The van der Waals surface area contributed by atoms with Gasteiger partial charge in [0.15, 0.2) is 0 Å². The normalized spacial score (nSPS) is 15.7. The lowest BCUT2D eigenvalue weighted by Crippen LogP contribution is -2.30. The fourth-order valence-corrected chi connectivity index (χ4v) is 8.08. The van der Waals surface area contributed by atoms with Gasteiger partial charge in [0.1, 0.15) is 11.2 Å². The van der Waals surface area contributed by atoms with Crippen molar-refractivity contribution in [2.45, 2.75) is 25.3 Å². The van der Waals surface area contributed by atoms with Crippen molar-refractivity contribution in [1.29, 1.82) is 0 Å². The Bertz CT molecular complexity index is 2340. The zero-order valence-corrected chi connectivity index (χ0v) is 26.0. The second-order valence-corrected chi connectivity index (χ2v) is 12.8. The molecule has 0 N–H and O–H groups in total. The first-order valence-electron chi connectivity index (χ1n) is 16.5. The summed E-state index contributed by atoms with van der Waals surface area (Å²) in [5.41, 5.74) is 11.0. The van der Waals surface area contributed by atoms with Crippen molar-refractivity contribution >= 4 is 43.5 Å². The maximum absolute atomic E-state index is 6.43. The molecule has 1 fully saturated rings. The summed E-state index contributed by atoms with van der Waals surface area (Å²) in [6, 6.07) is 51.3. The number of nitrogens with zero attached hydrogens (tertiary/aromatic N) is 1. The molecule has 0 radical (unpaired) electrons. The van der Waals surface area contributed by atoms with E-state index in [1.807, 2.05) is 0 Å². The van der Waals surface area contributed by atoms with E-state index in [4.69, 9.17) is 4.42 Å². The van der Waals surface area contributed by atoms with E-state index < -0.39 is 0 Å². The van der Waals surface area contributed by atoms with Crippen molar-refractivity contribution in [1.82, 2.24) is 4.90 Å². The molecule has 1 aliphatic rings. The minimum absolute atomic E-state index is 0.337. The second kappa shape index (κ2) is 11.0. The minimum Gasteiger partial charge on any atom is -0.456 e. The maximum Gasteiger partial charge on any atom is 0.135 e. The number of furan rings is 1. The average molecular weight is 594 g/mol. The van der Waals surface area contributed by atoms with Gasteiger partial charge in [-0.05, 0) is 105 Å². The number of likely N-dealkylation sites (tertiary alicyclic amines) is 1. The molecule has 0 saturated carbocycles. The van der Waals surface area contributed by atoms with Gasteiger partial charge in [0.05, 0.1) is 0 Å². The highest BCUT2D eigenvalue weighted by Gasteiger charge is 2.28. The van der Waals surface area contributed by atoms with Crippen LogP contribution in [0.2, 0.25) is 0 Å². The molecule has 222 valence electrons. The fraction of sp³-hybridized carbons (Fsp3) is 0.136. The van der Waals surface area contributed by atoms with Gasteiger partial charge < -0.3 is 4.42 Å². The molecule has 1 aliphatic heterocycles. The van der Waals surface area contributed by atoms with Crippen LogP contribution in [0.25, 0.3) is 76.9 Å². The van der Waals surface area contributed by atoms with E-state index in [0.29, 0.717) is 6.04 Å². The van der Waals surface area contributed by atoms with E-state index >= 15 is 0 Å². The first kappa shape index (κ1) is 27.2. The van der Waals surface area contributed by atoms with Gasteiger partial charge in [0.2, 0.25) is 0 Å². The molecule has 2 heterocycles. The van der Waals surface area contributed by atoms with Gasteiger partial charge in [0.25, 0.3) is 0 Å². The van der Waals surface area contributed by atoms with E-state index in [-0.39, 0.29) is 0 Å². The SMILES string of the molecule is CN1CCCCC1c1c(-c2cccc(-c3c4ccccc4c(-c4ccccc4)c4ccccc34)c2)ccc2oc3ccccc3c12. The lowest BCUT2D eigenvalue weighted by molar-refractivity contribution is 0.189. The molecule has 0 amide bonds. The molecule has 7 aromatic carbocycles. The van der Waals surface area contributed by atoms with Gasteiger partial charge in [-0.3, -0.25) is 4.90 Å². The summed E-state index contributed by atoms with van der Waals surface area (Å²) in [5, 5.41) is 7.59. The molecular weight excluding hydrogens is 558 g/mol. The van der Waals surface area contributed by atoms with E-state index in [9.17, 15) is 0 Å². The van der Waals surface area contributed by atoms with Crippen molar-refractivity contribution in [3.05, 3.63) is 145 Å². The first-order valence-corrected chi connectivity index (χ1v) is 16.5. The molecular formula is C44H35NO. The molecule has 1 unspecified atom stereocenters. The van der Waals surface area contributed by atoms with Crippen LogP contribution in [0.1, 0.15) is 30.9 Å². The second-order valence-electron chi connectivity index (χ2n) is 12.8. The summed E-state index contributed by atoms with van der Waals surface area (Å²) in [5.74, 6) is 0. The Morgan fingerprint density at radius 2 is 1.11 bits per heavy atom. The predicted octanol–water partition coefficient (Wildman–Crippen LogP) is 12.1. The summed E-state index contributed by atoms with van der Waals surface area (Å²) in [6.45, 7) is 1.11. The van der Waals surface area contributed by atoms with Crippen LogP contribution in [-0.2, 0) is 0 Å². The molecule has 46 heavy (non-hydrogen) atoms. The van der Waals surface area contributed by atoms with Crippen LogP contribution in [0, 0.1) is 0 Å². The lowest BCUT2D eigenvalue weighted by atomic mass is 9.84. The number of para-hydroxylation sites is 1. The summed E-state index contributed by atoms with van der Waals surface area (Å²) in [4.78, 5) is 2.55. The van der Waals surface area contributed by atoms with Crippen LogP contribution in [0.4, 0.5) is 0 Å². The van der Waals surface area contributed by atoms with Crippen LogP contribution < -0.4 is 0 Å². The third-order valence-corrected chi connectivity index (χ3v) is 10.1. The minimum atomic E-state index is 0.337. The van der Waals surface area contributed by atoms with E-state index in [0.717, 1.165) is 24.1 Å². The van der Waals surface area contributed by atoms with Crippen molar-refractivity contribution in [2.75, 3.05) is 13.6 Å². The first-order chi connectivity index (χ1) is 22.8. The molecule has 1 atom stereocenters. The predicted molar refractivity (Wildman–Crippen MR) is 194 cm³/mol. The smallest absolute Gasteiger partial charge is 0.135 e. The topological polar surface area (TPSA) is 16.4 Å². The van der Waals surface area contributed by atoms with Crippen LogP contribution in [0.5, 0.6) is 0 Å². The molecule has 0 aliphatic carbocycles. The van der Waals surface area contributed by atoms with Crippen LogP contribution in [0.3, 0.4) is 0 Å². The molecule has 1 aromatic heterocycles. The molecule has 9 rings (SSSR count). The summed E-state index contributed by atoms with van der Waals surface area (Å²) in [6.07, 6.45) is 3.64. The quantitative estimate of drug-likeness (QED) is 0.189. The van der Waals surface area contributed by atoms with E-state index in [2.05, 4.69) is 151 Å². The molecule has 1 saturated heterocycles. The zero-order chi connectivity index (χ0) is 30.6. The number of hydrogen-bond donors (Lipinski definition) is 0. The van der Waals surface area contributed by atoms with E-state index in [1.54, 1.807) is 0 Å². The number of piperidine rings is 1. The Morgan fingerprint density at radius 1 is 0.522 bits per heavy atom. The highest BCUT2D eigenvalue weighted by Crippen LogP contribution is 2.47. The zero-order valence-electron chi connectivity index (χ0n) is 26.0. The van der Waals surface area contributed by atoms with E-state index in [1.165, 1.54) is 84.1 Å². The number of benzene rings is 7. The van der Waals surface area contributed by atoms with Gasteiger partial charge in [-0.2, -0.15) is 0 Å². The summed E-state index contributed by atoms with van der Waals surface area (Å²) >= 11 is 0. The Kier molecular flexibility index (Phi) is 6.50. The molecule has 8 aromatic rings. The average Bonchev–Trinajstić information content (AvgIpc) is 3.50. The Balaban J connectivity index is 1.32. The number of rotatable bonds is 4. The standard InChI is InChI=1S/C44H35NO/c1-45-27-12-11-23-38(45)43-32(25-26-40-44(43)37-22-9-10-24-39(37)46-40)30-16-13-17-31(28-30)42-35-20-7-5-18-33(35)41(29-14-3-2-4-15-29)34-19-6-8-21-36(34)42/h2-10,13-22,24-26,28,38H,11-12,23,27H2,1H3. The van der Waals surface area contributed by atoms with Gasteiger partial charge in [-0.1, -0.05) is 128 Å². The van der Waals surface area contributed by atoms with Crippen LogP contribution in [0.15, 0.2) is 144 Å². The third kappa shape index (κ3) is 4.29. The Hall–Kier alpha value is -5.18. The van der Waals surface area contributed by atoms with Crippen LogP contribution in [-0.4, -0.2) is 18.5 Å². The highest BCUT2D eigenvalue weighted by molar-refractivity contribution is 6.21. The van der Waals surface area contributed by atoms with Crippen LogP contribution >= 0.6 is 0 Å². The van der Waals surface area contributed by atoms with Gasteiger partial charge in [-0.25, -0.2) is 0 Å². The monoisotopic (exact) mass is 593 g/mol. The van der Waals surface area contributed by atoms with Gasteiger partial charge >= 0.3 is 0 Å².